The Morgan fingerprint density at radius 1 is 0.736 bits per heavy atom. The molecule has 22 heteroatoms. The monoisotopic (exact) mass is 1030 g/mol. The van der Waals surface area contributed by atoms with Gasteiger partial charge in [0.15, 0.2) is 25.2 Å². The molecule has 4 aliphatic carbocycles. The molecule has 0 aromatic rings. The van der Waals surface area contributed by atoms with Gasteiger partial charge in [-0.05, 0) is 87.5 Å². The van der Waals surface area contributed by atoms with E-state index in [-0.39, 0.29) is 48.7 Å². The zero-order valence-corrected chi connectivity index (χ0v) is 42.0. The standard InChI is InChI=1S/C50H78O22/c1-21-44(71-36-16-30(62-6)45(22(2)66-36)72-47-43(60)41(58)39(56)33(70-47)20-64-46-42(59)40(57)38(55)32(18-51)69-46)29(53)15-35(65-21)68-26-9-11-48(4)25(14-26)7-8-28-27(48)10-12-49(5)37(24-13-34(54)63-19-24)31(67-23(3)52)17-50(28,49)61/h13,21-22,25-33,35-47,51,53,55-61H,7-12,14-20H2,1-6H3/t21-,22-,25-,26+,27+,28-,29+,30-,31+,32-,33-,35+,36+,37+,38-,39-,40+,41+,42-,43-,44-,45-,46-,47+,48+,49-,50+/m1/s1. The van der Waals surface area contributed by atoms with Crippen molar-refractivity contribution in [2.24, 2.45) is 34.5 Å². The molecule has 27 atom stereocenters. The van der Waals surface area contributed by atoms with Gasteiger partial charge in [0.1, 0.15) is 73.8 Å². The quantitative estimate of drug-likeness (QED) is 0.0807. The van der Waals surface area contributed by atoms with Gasteiger partial charge >= 0.3 is 11.9 Å². The van der Waals surface area contributed by atoms with Crippen molar-refractivity contribution in [2.45, 2.75) is 227 Å². The van der Waals surface area contributed by atoms with Gasteiger partial charge in [-0.2, -0.15) is 0 Å². The van der Waals surface area contributed by atoms with Gasteiger partial charge in [-0.25, -0.2) is 4.79 Å². The Bertz CT molecular complexity index is 1930. The van der Waals surface area contributed by atoms with Crippen molar-refractivity contribution in [1.29, 1.82) is 0 Å². The zero-order chi connectivity index (χ0) is 51.8. The molecule has 5 aliphatic heterocycles. The van der Waals surface area contributed by atoms with Crippen LogP contribution in [0.5, 0.6) is 0 Å². The molecule has 4 saturated carbocycles. The summed E-state index contributed by atoms with van der Waals surface area (Å²) in [4.78, 5) is 24.5. The number of carbonyl (C=O) groups is 2. The highest BCUT2D eigenvalue weighted by Gasteiger charge is 2.71. The zero-order valence-electron chi connectivity index (χ0n) is 42.0. The molecule has 8 fully saturated rings. The highest BCUT2D eigenvalue weighted by molar-refractivity contribution is 5.85. The predicted molar refractivity (Wildman–Crippen MR) is 242 cm³/mol. The van der Waals surface area contributed by atoms with E-state index in [1.54, 1.807) is 6.92 Å². The second kappa shape index (κ2) is 21.4. The lowest BCUT2D eigenvalue weighted by molar-refractivity contribution is -0.359. The maximum atomic E-state index is 12.9. The van der Waals surface area contributed by atoms with E-state index in [1.165, 1.54) is 20.1 Å². The topological polar surface area (TPSA) is 318 Å². The summed E-state index contributed by atoms with van der Waals surface area (Å²) < 4.78 is 65.6. The van der Waals surface area contributed by atoms with Crippen molar-refractivity contribution in [3.05, 3.63) is 11.6 Å². The van der Waals surface area contributed by atoms with Crippen molar-refractivity contribution in [3.63, 3.8) is 0 Å². The molecule has 0 radical (unpaired) electrons. The summed E-state index contributed by atoms with van der Waals surface area (Å²) in [5, 5.41) is 97.0. The first-order valence-electron chi connectivity index (χ1n) is 26.0. The van der Waals surface area contributed by atoms with Crippen LogP contribution in [0.3, 0.4) is 0 Å². The minimum Gasteiger partial charge on any atom is -0.462 e. The highest BCUT2D eigenvalue weighted by Crippen LogP contribution is 2.70. The van der Waals surface area contributed by atoms with E-state index >= 15 is 0 Å². The smallest absolute Gasteiger partial charge is 0.331 e. The number of ether oxygens (including phenoxy) is 11. The van der Waals surface area contributed by atoms with Gasteiger partial charge in [-0.15, -0.1) is 0 Å². The van der Waals surface area contributed by atoms with Crippen LogP contribution < -0.4 is 0 Å². The number of hydrogen-bond donors (Lipinski definition) is 9. The van der Waals surface area contributed by atoms with E-state index < -0.39 is 153 Å². The molecule has 9 N–H and O–H groups in total. The molecule has 22 nitrogen and oxygen atoms in total. The van der Waals surface area contributed by atoms with Crippen LogP contribution in [0, 0.1) is 34.5 Å². The van der Waals surface area contributed by atoms with E-state index in [1.807, 2.05) is 6.92 Å². The number of methoxy groups -OCH3 is 1. The molecule has 0 aromatic carbocycles. The van der Waals surface area contributed by atoms with Crippen LogP contribution in [0.15, 0.2) is 11.6 Å². The number of aliphatic hydroxyl groups is 9. The molecule has 0 bridgehead atoms. The van der Waals surface area contributed by atoms with Crippen LogP contribution in [0.2, 0.25) is 0 Å². The van der Waals surface area contributed by atoms with Gasteiger partial charge in [-0.1, -0.05) is 13.8 Å². The molecule has 5 heterocycles. The summed E-state index contributed by atoms with van der Waals surface area (Å²) >= 11 is 0. The Labute approximate surface area is 419 Å². The molecular weight excluding hydrogens is 953 g/mol. The normalized spacial score (nSPS) is 52.7. The fraction of sp³-hybridized carbons (Fsp3) is 0.920. The lowest BCUT2D eigenvalue weighted by atomic mass is 9.43. The first-order chi connectivity index (χ1) is 34.1. The highest BCUT2D eigenvalue weighted by atomic mass is 16.8. The van der Waals surface area contributed by atoms with Crippen molar-refractivity contribution in [1.82, 2.24) is 0 Å². The fourth-order valence-electron chi connectivity index (χ4n) is 14.8. The molecule has 0 spiro atoms. The van der Waals surface area contributed by atoms with Gasteiger partial charge in [0.05, 0.1) is 49.3 Å². The van der Waals surface area contributed by atoms with Crippen LogP contribution in [-0.4, -0.2) is 213 Å². The van der Waals surface area contributed by atoms with E-state index in [9.17, 15) is 55.5 Å². The number of fused-ring (bicyclic) bond motifs is 5. The van der Waals surface area contributed by atoms with Crippen molar-refractivity contribution in [3.8, 4) is 0 Å². The summed E-state index contributed by atoms with van der Waals surface area (Å²) in [6.07, 6.45) is -14.7. The van der Waals surface area contributed by atoms with Crippen LogP contribution >= 0.6 is 0 Å². The van der Waals surface area contributed by atoms with Gasteiger partial charge in [0, 0.05) is 50.7 Å². The third-order valence-corrected chi connectivity index (χ3v) is 18.6. The molecule has 9 rings (SSSR count). The summed E-state index contributed by atoms with van der Waals surface area (Å²) in [5.41, 5.74) is -0.947. The second-order valence-electron chi connectivity index (χ2n) is 22.7. The van der Waals surface area contributed by atoms with Crippen LogP contribution in [-0.2, 0) is 61.7 Å². The number of esters is 2. The van der Waals surface area contributed by atoms with Crippen LogP contribution in [0.25, 0.3) is 0 Å². The molecule has 0 unspecified atom stereocenters. The number of aliphatic hydroxyl groups excluding tert-OH is 8. The summed E-state index contributed by atoms with van der Waals surface area (Å²) in [7, 11) is 1.46. The first kappa shape index (κ1) is 54.7. The van der Waals surface area contributed by atoms with E-state index in [4.69, 9.17) is 52.1 Å². The summed E-state index contributed by atoms with van der Waals surface area (Å²) in [5.74, 6) is -0.530. The second-order valence-corrected chi connectivity index (χ2v) is 22.7. The molecule has 0 amide bonds. The molecule has 9 aliphatic rings. The Kier molecular flexibility index (Phi) is 16.3. The van der Waals surface area contributed by atoms with E-state index in [2.05, 4.69) is 13.8 Å². The maximum Gasteiger partial charge on any atom is 0.331 e. The summed E-state index contributed by atoms with van der Waals surface area (Å²) in [6.45, 7) is 8.31. The molecule has 410 valence electrons. The van der Waals surface area contributed by atoms with Gasteiger partial charge in [0.2, 0.25) is 0 Å². The lowest BCUT2D eigenvalue weighted by Crippen LogP contribution is -2.63. The third kappa shape index (κ3) is 9.95. The largest absolute Gasteiger partial charge is 0.462 e. The Hall–Kier alpha value is -2.04. The first-order valence-corrected chi connectivity index (χ1v) is 26.0. The van der Waals surface area contributed by atoms with Crippen molar-refractivity contribution in [2.75, 3.05) is 26.9 Å². The van der Waals surface area contributed by atoms with Gasteiger partial charge in [0.25, 0.3) is 0 Å². The SMILES string of the molecule is CO[C@@H]1C[C@H](O[C@H]2[C@@H](O)C[C@H](O[C@H]3CC[C@@]4(C)[C@H](CC[C@@H]5[C@@H]4CC[C@]4(C)[C@@H](C6=CC(=O)OC6)[C@@H](OC(C)=O)C[C@]54O)C3)O[C@@H]2C)O[C@H](C)[C@H]1O[C@@H]1O[C@H](CO[C@@H]2O[C@H](CO)[C@@H](O)[C@H](O)[C@H]2O)[C@@H](O)[C@H](O)[C@H]1O. The van der Waals surface area contributed by atoms with Crippen molar-refractivity contribution < 1.29 is 108 Å². The fourth-order valence-corrected chi connectivity index (χ4v) is 14.8. The average Bonchev–Trinajstić information content (AvgIpc) is 3.85. The van der Waals surface area contributed by atoms with E-state index in [0.717, 1.165) is 50.5 Å². The molecular formula is C50H78O22. The molecule has 4 saturated heterocycles. The minimum atomic E-state index is -1.76. The predicted octanol–water partition coefficient (Wildman–Crippen LogP) is -0.790. The maximum absolute atomic E-state index is 12.9. The Morgan fingerprint density at radius 2 is 1.40 bits per heavy atom. The number of cyclic esters (lactones) is 1. The number of carbonyl (C=O) groups excluding carboxylic acids is 2. The van der Waals surface area contributed by atoms with Crippen LogP contribution in [0.1, 0.15) is 98.8 Å². The van der Waals surface area contributed by atoms with Crippen LogP contribution in [0.4, 0.5) is 0 Å². The number of rotatable bonds is 13. The molecule has 72 heavy (non-hydrogen) atoms. The van der Waals surface area contributed by atoms with Gasteiger partial charge < -0.3 is 98.1 Å². The Balaban J connectivity index is 0.764. The third-order valence-electron chi connectivity index (χ3n) is 18.6. The lowest BCUT2D eigenvalue weighted by Gasteiger charge is -2.63. The van der Waals surface area contributed by atoms with E-state index in [0.29, 0.717) is 12.3 Å². The summed E-state index contributed by atoms with van der Waals surface area (Å²) in [6, 6.07) is 0. The minimum absolute atomic E-state index is 0.000629. The number of hydrogen-bond acceptors (Lipinski definition) is 22. The van der Waals surface area contributed by atoms with Crippen molar-refractivity contribution >= 4 is 11.9 Å². The molecule has 0 aromatic heterocycles. The Morgan fingerprint density at radius 3 is 2.06 bits per heavy atom. The average molecular weight is 1030 g/mol. The van der Waals surface area contributed by atoms with Gasteiger partial charge in [-0.3, -0.25) is 4.79 Å².